The molecule has 8 heteroatoms. The largest absolute Gasteiger partial charge is 0.380 e. The standard InChI is InChI=1S/C16H33N5O2.HI/c1-5-23-13-10-19-16(17-2)18-9-7-12-21-11-6-8-14(21)15(22)20(3)4;/h14H,5-13H2,1-4H3,(H2,17,18,19);1H. The third-order valence-corrected chi connectivity index (χ3v) is 3.97. The van der Waals surface area contributed by atoms with Crippen molar-refractivity contribution in [1.82, 2.24) is 20.4 Å². The topological polar surface area (TPSA) is 69.2 Å². The van der Waals surface area contributed by atoms with E-state index in [4.69, 9.17) is 4.74 Å². The van der Waals surface area contributed by atoms with Crippen LogP contribution >= 0.6 is 24.0 Å². The number of ether oxygens (including phenoxy) is 1. The van der Waals surface area contributed by atoms with Gasteiger partial charge in [0.1, 0.15) is 0 Å². The van der Waals surface area contributed by atoms with Gasteiger partial charge in [-0.2, -0.15) is 0 Å². The van der Waals surface area contributed by atoms with Crippen LogP contribution in [0.3, 0.4) is 0 Å². The lowest BCUT2D eigenvalue weighted by atomic mass is 10.2. The zero-order valence-corrected chi connectivity index (χ0v) is 17.8. The Kier molecular flexibility index (Phi) is 13.3. The van der Waals surface area contributed by atoms with Crippen LogP contribution in [0.4, 0.5) is 0 Å². The van der Waals surface area contributed by atoms with Gasteiger partial charge in [0.2, 0.25) is 5.91 Å². The predicted molar refractivity (Wildman–Crippen MR) is 109 cm³/mol. The summed E-state index contributed by atoms with van der Waals surface area (Å²) in [4.78, 5) is 20.3. The Morgan fingerprint density at radius 1 is 1.33 bits per heavy atom. The highest BCUT2D eigenvalue weighted by Gasteiger charge is 2.30. The molecule has 1 saturated heterocycles. The Morgan fingerprint density at radius 2 is 2.04 bits per heavy atom. The number of guanidine groups is 1. The number of likely N-dealkylation sites (tertiary alicyclic amines) is 1. The fourth-order valence-electron chi connectivity index (χ4n) is 2.77. The van der Waals surface area contributed by atoms with Gasteiger partial charge in [0.25, 0.3) is 0 Å². The van der Waals surface area contributed by atoms with Crippen LogP contribution in [-0.2, 0) is 9.53 Å². The molecule has 0 aromatic carbocycles. The van der Waals surface area contributed by atoms with E-state index >= 15 is 0 Å². The number of likely N-dealkylation sites (N-methyl/N-ethyl adjacent to an activating group) is 1. The maximum atomic E-state index is 12.1. The van der Waals surface area contributed by atoms with E-state index < -0.39 is 0 Å². The van der Waals surface area contributed by atoms with Gasteiger partial charge >= 0.3 is 0 Å². The van der Waals surface area contributed by atoms with E-state index in [2.05, 4.69) is 20.5 Å². The van der Waals surface area contributed by atoms with E-state index in [0.29, 0.717) is 6.61 Å². The molecule has 7 nitrogen and oxygen atoms in total. The molecule has 24 heavy (non-hydrogen) atoms. The second-order valence-electron chi connectivity index (χ2n) is 5.90. The third kappa shape index (κ3) is 8.48. The lowest BCUT2D eigenvalue weighted by molar-refractivity contribution is -0.133. The first-order valence-electron chi connectivity index (χ1n) is 8.57. The summed E-state index contributed by atoms with van der Waals surface area (Å²) in [6.07, 6.45) is 3.08. The molecule has 142 valence electrons. The van der Waals surface area contributed by atoms with Gasteiger partial charge in [0, 0.05) is 47.4 Å². The van der Waals surface area contributed by atoms with Crippen LogP contribution < -0.4 is 10.6 Å². The van der Waals surface area contributed by atoms with Gasteiger partial charge in [-0.05, 0) is 32.7 Å². The monoisotopic (exact) mass is 455 g/mol. The fourth-order valence-corrected chi connectivity index (χ4v) is 2.77. The molecule has 1 unspecified atom stereocenters. The van der Waals surface area contributed by atoms with Crippen molar-refractivity contribution in [3.8, 4) is 0 Å². The van der Waals surface area contributed by atoms with Gasteiger partial charge in [0.15, 0.2) is 5.96 Å². The normalized spacial score (nSPS) is 18.2. The minimum absolute atomic E-state index is 0. The van der Waals surface area contributed by atoms with Gasteiger partial charge < -0.3 is 20.3 Å². The summed E-state index contributed by atoms with van der Waals surface area (Å²) in [5, 5.41) is 6.51. The molecule has 1 fully saturated rings. The summed E-state index contributed by atoms with van der Waals surface area (Å²) in [6, 6.07) is 0.0635. The van der Waals surface area contributed by atoms with E-state index in [1.54, 1.807) is 11.9 Å². The SMILES string of the molecule is CCOCCNC(=NC)NCCCN1CCCC1C(=O)N(C)C.I. The van der Waals surface area contributed by atoms with E-state index in [-0.39, 0.29) is 35.9 Å². The summed E-state index contributed by atoms with van der Waals surface area (Å²) < 4.78 is 5.29. The minimum Gasteiger partial charge on any atom is -0.380 e. The molecular weight excluding hydrogens is 421 g/mol. The molecule has 0 aliphatic carbocycles. The van der Waals surface area contributed by atoms with Crippen molar-refractivity contribution < 1.29 is 9.53 Å². The molecular formula is C16H34IN5O2. The Morgan fingerprint density at radius 3 is 2.67 bits per heavy atom. The first kappa shape index (κ1) is 23.4. The molecule has 0 aromatic heterocycles. The average molecular weight is 455 g/mol. The molecule has 0 saturated carbocycles. The summed E-state index contributed by atoms with van der Waals surface area (Å²) >= 11 is 0. The second-order valence-corrected chi connectivity index (χ2v) is 5.90. The van der Waals surface area contributed by atoms with E-state index in [0.717, 1.165) is 58.0 Å². The molecule has 0 spiro atoms. The molecule has 1 atom stereocenters. The Bertz CT molecular complexity index is 379. The number of hydrogen-bond acceptors (Lipinski definition) is 4. The number of amides is 1. The maximum Gasteiger partial charge on any atom is 0.239 e. The van der Waals surface area contributed by atoms with Gasteiger partial charge in [-0.3, -0.25) is 14.7 Å². The van der Waals surface area contributed by atoms with E-state index in [1.807, 2.05) is 21.0 Å². The number of hydrogen-bond donors (Lipinski definition) is 2. The molecule has 0 bridgehead atoms. The summed E-state index contributed by atoms with van der Waals surface area (Å²) in [5.74, 6) is 1.02. The smallest absolute Gasteiger partial charge is 0.239 e. The van der Waals surface area contributed by atoms with Crippen LogP contribution in [-0.4, -0.2) is 88.2 Å². The molecule has 1 rings (SSSR count). The van der Waals surface area contributed by atoms with Crippen LogP contribution in [0, 0.1) is 0 Å². The fraction of sp³-hybridized carbons (Fsp3) is 0.875. The molecule has 0 aromatic rings. The van der Waals surface area contributed by atoms with Crippen molar-refractivity contribution in [3.05, 3.63) is 0 Å². The van der Waals surface area contributed by atoms with Gasteiger partial charge in [-0.1, -0.05) is 0 Å². The summed E-state index contributed by atoms with van der Waals surface area (Å²) in [7, 11) is 5.43. The molecule has 1 aliphatic heterocycles. The number of aliphatic imine (C=N–C) groups is 1. The molecule has 1 aliphatic rings. The van der Waals surface area contributed by atoms with E-state index in [9.17, 15) is 4.79 Å². The van der Waals surface area contributed by atoms with Crippen molar-refractivity contribution in [2.24, 2.45) is 4.99 Å². The highest BCUT2D eigenvalue weighted by atomic mass is 127. The van der Waals surface area contributed by atoms with Crippen LogP contribution in [0.1, 0.15) is 26.2 Å². The lowest BCUT2D eigenvalue weighted by Crippen LogP contribution is -2.44. The van der Waals surface area contributed by atoms with Crippen LogP contribution in [0.15, 0.2) is 4.99 Å². The predicted octanol–water partition coefficient (Wildman–Crippen LogP) is 0.749. The number of carbonyl (C=O) groups is 1. The van der Waals surface area contributed by atoms with Gasteiger partial charge in [0.05, 0.1) is 12.6 Å². The quantitative estimate of drug-likeness (QED) is 0.233. The Hall–Kier alpha value is -0.610. The first-order valence-corrected chi connectivity index (χ1v) is 8.57. The molecule has 2 N–H and O–H groups in total. The van der Waals surface area contributed by atoms with Gasteiger partial charge in [-0.15, -0.1) is 24.0 Å². The van der Waals surface area contributed by atoms with Crippen LogP contribution in [0.25, 0.3) is 0 Å². The van der Waals surface area contributed by atoms with Gasteiger partial charge in [-0.25, -0.2) is 0 Å². The van der Waals surface area contributed by atoms with Crippen molar-refractivity contribution in [2.75, 3.05) is 60.5 Å². The molecule has 1 amide bonds. The molecule has 1 heterocycles. The van der Waals surface area contributed by atoms with Crippen molar-refractivity contribution in [2.45, 2.75) is 32.2 Å². The van der Waals surface area contributed by atoms with Crippen molar-refractivity contribution in [1.29, 1.82) is 0 Å². The van der Waals surface area contributed by atoms with Crippen molar-refractivity contribution in [3.63, 3.8) is 0 Å². The van der Waals surface area contributed by atoms with Crippen molar-refractivity contribution >= 4 is 35.8 Å². The number of rotatable bonds is 9. The number of nitrogens with one attached hydrogen (secondary N) is 2. The highest BCUT2D eigenvalue weighted by molar-refractivity contribution is 14.0. The zero-order chi connectivity index (χ0) is 17.1. The Labute approximate surface area is 163 Å². The second kappa shape index (κ2) is 13.7. The molecule has 0 radical (unpaired) electrons. The number of nitrogens with zero attached hydrogens (tertiary/aromatic N) is 3. The highest BCUT2D eigenvalue weighted by Crippen LogP contribution is 2.18. The number of carbonyl (C=O) groups excluding carboxylic acids is 1. The van der Waals surface area contributed by atoms with Crippen LogP contribution in [0.2, 0.25) is 0 Å². The number of halogens is 1. The zero-order valence-electron chi connectivity index (χ0n) is 15.5. The minimum atomic E-state index is 0. The third-order valence-electron chi connectivity index (χ3n) is 3.97. The lowest BCUT2D eigenvalue weighted by Gasteiger charge is -2.26. The Balaban J connectivity index is 0.00000529. The maximum absolute atomic E-state index is 12.1. The van der Waals surface area contributed by atoms with E-state index in [1.165, 1.54) is 0 Å². The summed E-state index contributed by atoms with van der Waals surface area (Å²) in [6.45, 7) is 6.95. The summed E-state index contributed by atoms with van der Waals surface area (Å²) in [5.41, 5.74) is 0. The van der Waals surface area contributed by atoms with Crippen LogP contribution in [0.5, 0.6) is 0 Å². The average Bonchev–Trinajstić information content (AvgIpc) is 3.00. The first-order chi connectivity index (χ1) is 11.1.